The van der Waals surface area contributed by atoms with E-state index in [1.807, 2.05) is 12.1 Å². The summed E-state index contributed by atoms with van der Waals surface area (Å²) in [5.74, 6) is 0.344. The van der Waals surface area contributed by atoms with Crippen LogP contribution in [0.5, 0.6) is 0 Å². The molecule has 0 bridgehead atoms. The molecular formula is C15H22FNO2. The lowest BCUT2D eigenvalue weighted by molar-refractivity contribution is 0.129. The first-order valence-electron chi connectivity index (χ1n) is 6.84. The molecule has 1 aromatic carbocycles. The quantitative estimate of drug-likeness (QED) is 0.794. The van der Waals surface area contributed by atoms with Crippen molar-refractivity contribution in [2.24, 2.45) is 0 Å². The highest BCUT2D eigenvalue weighted by atomic mass is 19.1. The Balaban J connectivity index is 1.77. The standard InChI is InChI=1S/C15H22FNO2/c1-19-10-14(6-7-18)17-15-8-12(9-15)11-2-4-13(16)5-3-11/h2-5,12,14-15,17-18H,6-10H2,1H3. The fourth-order valence-corrected chi connectivity index (χ4v) is 2.67. The van der Waals surface area contributed by atoms with E-state index in [1.165, 1.54) is 17.7 Å². The van der Waals surface area contributed by atoms with E-state index in [1.54, 1.807) is 7.11 Å². The minimum atomic E-state index is -0.180. The predicted molar refractivity (Wildman–Crippen MR) is 72.7 cm³/mol. The second kappa shape index (κ2) is 6.98. The van der Waals surface area contributed by atoms with E-state index in [0.29, 0.717) is 25.0 Å². The number of methoxy groups -OCH3 is 1. The van der Waals surface area contributed by atoms with Crippen LogP contribution < -0.4 is 5.32 Å². The maximum absolute atomic E-state index is 12.8. The van der Waals surface area contributed by atoms with Crippen molar-refractivity contribution < 1.29 is 14.2 Å². The van der Waals surface area contributed by atoms with Crippen molar-refractivity contribution in [2.45, 2.75) is 37.3 Å². The first-order valence-corrected chi connectivity index (χ1v) is 6.84. The van der Waals surface area contributed by atoms with E-state index in [2.05, 4.69) is 5.32 Å². The Kier molecular flexibility index (Phi) is 5.31. The second-order valence-corrected chi connectivity index (χ2v) is 5.25. The van der Waals surface area contributed by atoms with Crippen molar-refractivity contribution in [1.82, 2.24) is 5.32 Å². The molecule has 1 unspecified atom stereocenters. The summed E-state index contributed by atoms with van der Waals surface area (Å²) in [6.45, 7) is 0.799. The monoisotopic (exact) mass is 267 g/mol. The van der Waals surface area contributed by atoms with Crippen LogP contribution >= 0.6 is 0 Å². The Morgan fingerprint density at radius 1 is 1.37 bits per heavy atom. The molecule has 2 N–H and O–H groups in total. The fraction of sp³-hybridized carbons (Fsp3) is 0.600. The number of aliphatic hydroxyl groups is 1. The van der Waals surface area contributed by atoms with Gasteiger partial charge in [0.1, 0.15) is 5.82 Å². The van der Waals surface area contributed by atoms with Gasteiger partial charge < -0.3 is 15.2 Å². The number of ether oxygens (including phenoxy) is 1. The SMILES string of the molecule is COCC(CCO)NC1CC(c2ccc(F)cc2)C1. The van der Waals surface area contributed by atoms with E-state index < -0.39 is 0 Å². The van der Waals surface area contributed by atoms with Crippen molar-refractivity contribution in [3.63, 3.8) is 0 Å². The molecule has 0 spiro atoms. The van der Waals surface area contributed by atoms with Crippen LogP contribution in [-0.2, 0) is 4.74 Å². The van der Waals surface area contributed by atoms with Crippen LogP contribution in [0.15, 0.2) is 24.3 Å². The Morgan fingerprint density at radius 3 is 2.63 bits per heavy atom. The van der Waals surface area contributed by atoms with Crippen LogP contribution in [0.1, 0.15) is 30.7 Å². The third-order valence-electron chi connectivity index (χ3n) is 3.80. The molecule has 1 saturated carbocycles. The van der Waals surface area contributed by atoms with Gasteiger partial charge in [0.15, 0.2) is 0 Å². The molecule has 3 nitrogen and oxygen atoms in total. The molecule has 106 valence electrons. The zero-order valence-electron chi connectivity index (χ0n) is 11.3. The summed E-state index contributed by atoms with van der Waals surface area (Å²) >= 11 is 0. The summed E-state index contributed by atoms with van der Waals surface area (Å²) in [5.41, 5.74) is 1.21. The Labute approximate surface area is 113 Å². The van der Waals surface area contributed by atoms with E-state index in [-0.39, 0.29) is 18.5 Å². The summed E-state index contributed by atoms with van der Waals surface area (Å²) in [5, 5.41) is 12.5. The molecule has 0 radical (unpaired) electrons. The zero-order valence-corrected chi connectivity index (χ0v) is 11.3. The second-order valence-electron chi connectivity index (χ2n) is 5.25. The molecule has 4 heteroatoms. The van der Waals surface area contributed by atoms with E-state index in [0.717, 1.165) is 12.8 Å². The summed E-state index contributed by atoms with van der Waals surface area (Å²) < 4.78 is 18.0. The van der Waals surface area contributed by atoms with Crippen molar-refractivity contribution in [1.29, 1.82) is 0 Å². The van der Waals surface area contributed by atoms with Gasteiger partial charge in [0, 0.05) is 25.8 Å². The molecule has 0 aliphatic heterocycles. The molecule has 1 atom stereocenters. The Morgan fingerprint density at radius 2 is 2.05 bits per heavy atom. The molecule has 0 saturated heterocycles. The van der Waals surface area contributed by atoms with Crippen molar-refractivity contribution >= 4 is 0 Å². The largest absolute Gasteiger partial charge is 0.396 e. The molecule has 2 rings (SSSR count). The molecule has 1 aromatic rings. The zero-order chi connectivity index (χ0) is 13.7. The maximum Gasteiger partial charge on any atom is 0.123 e. The summed E-state index contributed by atoms with van der Waals surface area (Å²) in [7, 11) is 1.67. The number of hydrogen-bond donors (Lipinski definition) is 2. The normalized spacial score (nSPS) is 23.9. The lowest BCUT2D eigenvalue weighted by atomic mass is 9.75. The minimum absolute atomic E-state index is 0.176. The highest BCUT2D eigenvalue weighted by Gasteiger charge is 2.31. The number of halogens is 1. The van der Waals surface area contributed by atoms with Crippen molar-refractivity contribution in [3.8, 4) is 0 Å². The molecule has 0 heterocycles. The third kappa shape index (κ3) is 4.00. The van der Waals surface area contributed by atoms with Crippen molar-refractivity contribution in [2.75, 3.05) is 20.3 Å². The summed E-state index contributed by atoms with van der Waals surface area (Å²) in [6.07, 6.45) is 2.85. The van der Waals surface area contributed by atoms with Gasteiger partial charge in [-0.05, 0) is 42.9 Å². The summed E-state index contributed by atoms with van der Waals surface area (Å²) in [4.78, 5) is 0. The van der Waals surface area contributed by atoms with Gasteiger partial charge in [-0.15, -0.1) is 0 Å². The highest BCUT2D eigenvalue weighted by molar-refractivity contribution is 5.23. The predicted octanol–water partition coefficient (Wildman–Crippen LogP) is 2.06. The van der Waals surface area contributed by atoms with Gasteiger partial charge in [0.05, 0.1) is 6.61 Å². The molecule has 1 aliphatic carbocycles. The van der Waals surface area contributed by atoms with Crippen LogP contribution in [0.4, 0.5) is 4.39 Å². The molecule has 19 heavy (non-hydrogen) atoms. The number of benzene rings is 1. The maximum atomic E-state index is 12.8. The minimum Gasteiger partial charge on any atom is -0.396 e. The average Bonchev–Trinajstić information content (AvgIpc) is 2.35. The molecule has 1 fully saturated rings. The topological polar surface area (TPSA) is 41.5 Å². The van der Waals surface area contributed by atoms with E-state index in [9.17, 15) is 4.39 Å². The number of nitrogens with one attached hydrogen (secondary N) is 1. The van der Waals surface area contributed by atoms with Crippen LogP contribution in [0.25, 0.3) is 0 Å². The van der Waals surface area contributed by atoms with Gasteiger partial charge in [0.25, 0.3) is 0 Å². The van der Waals surface area contributed by atoms with Crippen LogP contribution in [0, 0.1) is 5.82 Å². The highest BCUT2D eigenvalue weighted by Crippen LogP contribution is 2.37. The molecule has 0 amide bonds. The fourth-order valence-electron chi connectivity index (χ4n) is 2.67. The Bertz CT molecular complexity index is 370. The van der Waals surface area contributed by atoms with Gasteiger partial charge in [-0.3, -0.25) is 0 Å². The van der Waals surface area contributed by atoms with E-state index in [4.69, 9.17) is 9.84 Å². The average molecular weight is 267 g/mol. The Hall–Kier alpha value is -0.970. The van der Waals surface area contributed by atoms with Crippen LogP contribution in [0.2, 0.25) is 0 Å². The molecular weight excluding hydrogens is 245 g/mol. The van der Waals surface area contributed by atoms with Gasteiger partial charge >= 0.3 is 0 Å². The van der Waals surface area contributed by atoms with Gasteiger partial charge in [-0.1, -0.05) is 12.1 Å². The smallest absolute Gasteiger partial charge is 0.123 e. The number of rotatable bonds is 7. The summed E-state index contributed by atoms with van der Waals surface area (Å²) in [6, 6.07) is 7.48. The number of hydrogen-bond acceptors (Lipinski definition) is 3. The van der Waals surface area contributed by atoms with Gasteiger partial charge in [-0.25, -0.2) is 4.39 Å². The van der Waals surface area contributed by atoms with Crippen molar-refractivity contribution in [3.05, 3.63) is 35.6 Å². The first-order chi connectivity index (χ1) is 9.22. The van der Waals surface area contributed by atoms with E-state index >= 15 is 0 Å². The van der Waals surface area contributed by atoms with Gasteiger partial charge in [-0.2, -0.15) is 0 Å². The van der Waals surface area contributed by atoms with Crippen LogP contribution in [0.3, 0.4) is 0 Å². The lowest BCUT2D eigenvalue weighted by Crippen LogP contribution is -2.47. The number of aliphatic hydroxyl groups excluding tert-OH is 1. The first kappa shape index (κ1) is 14.4. The van der Waals surface area contributed by atoms with Crippen LogP contribution in [-0.4, -0.2) is 37.5 Å². The molecule has 1 aliphatic rings. The third-order valence-corrected chi connectivity index (χ3v) is 3.80. The van der Waals surface area contributed by atoms with Gasteiger partial charge in [0.2, 0.25) is 0 Å². The lowest BCUT2D eigenvalue weighted by Gasteiger charge is -2.38. The molecule has 0 aromatic heterocycles.